The number of aliphatic hydroxyl groups excluding tert-OH is 1. The van der Waals surface area contributed by atoms with Crippen LogP contribution in [-0.2, 0) is 6.54 Å². The van der Waals surface area contributed by atoms with Crippen LogP contribution in [0.2, 0.25) is 0 Å². The maximum Gasteiger partial charge on any atom is 0.270 e. The average molecular weight is 206 g/mol. The smallest absolute Gasteiger partial charge is 0.270 e. The number of aliphatic hydroxyl groups is 1. The number of benzene rings is 1. The number of aromatic nitrogens is 1. The molecule has 15 heavy (non-hydrogen) atoms. The fourth-order valence-electron chi connectivity index (χ4n) is 1.60. The molecule has 0 aliphatic heterocycles. The Hall–Kier alpha value is -1.88. The fourth-order valence-corrected chi connectivity index (χ4v) is 1.60. The molecule has 1 heterocycles. The Labute approximate surface area is 85.7 Å². The second-order valence-electron chi connectivity index (χ2n) is 3.23. The summed E-state index contributed by atoms with van der Waals surface area (Å²) in [4.78, 5) is 10.1. The summed E-state index contributed by atoms with van der Waals surface area (Å²) in [7, 11) is 0. The molecule has 0 fully saturated rings. The van der Waals surface area contributed by atoms with Gasteiger partial charge >= 0.3 is 0 Å². The van der Waals surface area contributed by atoms with Gasteiger partial charge in [-0.05, 0) is 12.1 Å². The van der Waals surface area contributed by atoms with E-state index in [1.54, 1.807) is 12.1 Å². The molecule has 0 aliphatic rings. The summed E-state index contributed by atoms with van der Waals surface area (Å²) in [5.41, 5.74) is 0.985. The van der Waals surface area contributed by atoms with Crippen molar-refractivity contribution in [2.24, 2.45) is 0 Å². The number of nitro groups is 1. The Morgan fingerprint density at radius 1 is 1.40 bits per heavy atom. The van der Waals surface area contributed by atoms with Crippen LogP contribution >= 0.6 is 0 Å². The normalized spacial score (nSPS) is 10.7. The zero-order chi connectivity index (χ0) is 10.8. The summed E-state index contributed by atoms with van der Waals surface area (Å²) in [5, 5.41) is 20.2. The summed E-state index contributed by atoms with van der Waals surface area (Å²) in [6, 6.07) is 6.50. The minimum absolute atomic E-state index is 0.0563. The van der Waals surface area contributed by atoms with Crippen molar-refractivity contribution in [3.63, 3.8) is 0 Å². The molecule has 2 aromatic rings. The van der Waals surface area contributed by atoms with Crippen LogP contribution in [0.1, 0.15) is 0 Å². The lowest BCUT2D eigenvalue weighted by atomic mass is 10.2. The first-order chi connectivity index (χ1) is 7.22. The molecule has 0 unspecified atom stereocenters. The Morgan fingerprint density at radius 2 is 2.20 bits per heavy atom. The summed E-state index contributed by atoms with van der Waals surface area (Å²) in [6.07, 6.45) is 1.81. The van der Waals surface area contributed by atoms with E-state index in [-0.39, 0.29) is 12.3 Å². The van der Waals surface area contributed by atoms with Crippen LogP contribution in [0.25, 0.3) is 10.9 Å². The Kier molecular flexibility index (Phi) is 2.39. The van der Waals surface area contributed by atoms with E-state index < -0.39 is 4.92 Å². The first-order valence-corrected chi connectivity index (χ1v) is 4.56. The van der Waals surface area contributed by atoms with Crippen LogP contribution in [0.15, 0.2) is 30.5 Å². The molecule has 5 heteroatoms. The van der Waals surface area contributed by atoms with Crippen molar-refractivity contribution in [1.29, 1.82) is 0 Å². The summed E-state index contributed by atoms with van der Waals surface area (Å²) in [6.45, 7) is 0.558. The minimum atomic E-state index is -0.414. The predicted octanol–water partition coefficient (Wildman–Crippen LogP) is 1.54. The van der Waals surface area contributed by atoms with Crippen molar-refractivity contribution in [2.45, 2.75) is 6.54 Å². The van der Waals surface area contributed by atoms with Gasteiger partial charge in [0.2, 0.25) is 0 Å². The van der Waals surface area contributed by atoms with Gasteiger partial charge in [0.15, 0.2) is 0 Å². The van der Waals surface area contributed by atoms with Crippen LogP contribution < -0.4 is 0 Å². The number of nitrogens with zero attached hydrogens (tertiary/aromatic N) is 2. The van der Waals surface area contributed by atoms with Gasteiger partial charge in [0, 0.05) is 35.8 Å². The minimum Gasteiger partial charge on any atom is -0.395 e. The lowest BCUT2D eigenvalue weighted by molar-refractivity contribution is -0.384. The molecular weight excluding hydrogens is 196 g/mol. The number of fused-ring (bicyclic) bond motifs is 1. The molecular formula is C10H10N2O3. The van der Waals surface area contributed by atoms with Crippen LogP contribution in [0.5, 0.6) is 0 Å². The highest BCUT2D eigenvalue weighted by atomic mass is 16.6. The third-order valence-corrected chi connectivity index (χ3v) is 2.31. The quantitative estimate of drug-likeness (QED) is 0.611. The zero-order valence-corrected chi connectivity index (χ0v) is 7.96. The van der Waals surface area contributed by atoms with E-state index in [0.29, 0.717) is 6.54 Å². The molecule has 0 bridgehead atoms. The van der Waals surface area contributed by atoms with Crippen molar-refractivity contribution in [1.82, 2.24) is 4.57 Å². The topological polar surface area (TPSA) is 68.3 Å². The van der Waals surface area contributed by atoms with Crippen LogP contribution in [0.3, 0.4) is 0 Å². The number of hydrogen-bond donors (Lipinski definition) is 1. The van der Waals surface area contributed by atoms with Gasteiger partial charge in [0.05, 0.1) is 11.5 Å². The molecule has 0 radical (unpaired) electrons. The van der Waals surface area contributed by atoms with Crippen molar-refractivity contribution in [3.8, 4) is 0 Å². The first-order valence-electron chi connectivity index (χ1n) is 4.56. The van der Waals surface area contributed by atoms with E-state index in [4.69, 9.17) is 5.11 Å². The number of non-ortho nitro benzene ring substituents is 1. The number of rotatable bonds is 3. The maximum absolute atomic E-state index is 10.5. The second kappa shape index (κ2) is 3.70. The lowest BCUT2D eigenvalue weighted by Gasteiger charge is -2.01. The van der Waals surface area contributed by atoms with Gasteiger partial charge < -0.3 is 9.67 Å². The van der Waals surface area contributed by atoms with Gasteiger partial charge in [0.25, 0.3) is 5.69 Å². The molecule has 0 amide bonds. The van der Waals surface area contributed by atoms with E-state index >= 15 is 0 Å². The van der Waals surface area contributed by atoms with E-state index in [1.165, 1.54) is 12.1 Å². The van der Waals surface area contributed by atoms with Crippen molar-refractivity contribution >= 4 is 16.6 Å². The highest BCUT2D eigenvalue weighted by Crippen LogP contribution is 2.21. The zero-order valence-electron chi connectivity index (χ0n) is 7.96. The second-order valence-corrected chi connectivity index (χ2v) is 3.23. The standard InChI is InChI=1S/C10H10N2O3/c13-6-5-11-4-3-8-7-9(12(14)15)1-2-10(8)11/h1-4,7,13H,5-6H2. The highest BCUT2D eigenvalue weighted by molar-refractivity contribution is 5.82. The SMILES string of the molecule is O=[N+]([O-])c1ccc2c(ccn2CCO)c1. The third-order valence-electron chi connectivity index (χ3n) is 2.31. The van der Waals surface area contributed by atoms with Crippen LogP contribution in [0, 0.1) is 10.1 Å². The number of hydrogen-bond acceptors (Lipinski definition) is 3. The van der Waals surface area contributed by atoms with E-state index in [0.717, 1.165) is 10.9 Å². The molecule has 2 rings (SSSR count). The maximum atomic E-state index is 10.5. The molecule has 0 spiro atoms. The van der Waals surface area contributed by atoms with Gasteiger partial charge in [-0.25, -0.2) is 0 Å². The summed E-state index contributed by atoms with van der Waals surface area (Å²) < 4.78 is 1.86. The van der Waals surface area contributed by atoms with E-state index in [2.05, 4.69) is 0 Å². The van der Waals surface area contributed by atoms with Crippen molar-refractivity contribution in [3.05, 3.63) is 40.6 Å². The van der Waals surface area contributed by atoms with E-state index in [1.807, 2.05) is 10.8 Å². The molecule has 0 atom stereocenters. The first kappa shape index (κ1) is 9.67. The molecule has 1 aromatic heterocycles. The lowest BCUT2D eigenvalue weighted by Crippen LogP contribution is -1.99. The van der Waals surface area contributed by atoms with Gasteiger partial charge in [-0.3, -0.25) is 10.1 Å². The average Bonchev–Trinajstić information content (AvgIpc) is 2.61. The molecule has 0 aliphatic carbocycles. The van der Waals surface area contributed by atoms with Gasteiger partial charge in [-0.1, -0.05) is 0 Å². The molecule has 1 aromatic carbocycles. The third kappa shape index (κ3) is 1.69. The molecule has 5 nitrogen and oxygen atoms in total. The Balaban J connectivity index is 2.51. The summed E-state index contributed by atoms with van der Waals surface area (Å²) >= 11 is 0. The predicted molar refractivity (Wildman–Crippen MR) is 55.7 cm³/mol. The summed E-state index contributed by atoms with van der Waals surface area (Å²) in [5.74, 6) is 0. The Bertz CT molecular complexity index is 504. The van der Waals surface area contributed by atoms with Gasteiger partial charge in [-0.2, -0.15) is 0 Å². The molecule has 0 saturated heterocycles. The molecule has 78 valence electrons. The highest BCUT2D eigenvalue weighted by Gasteiger charge is 2.07. The number of nitro benzene ring substituents is 1. The Morgan fingerprint density at radius 3 is 2.87 bits per heavy atom. The monoisotopic (exact) mass is 206 g/mol. The molecule has 0 saturated carbocycles. The van der Waals surface area contributed by atoms with Crippen molar-refractivity contribution < 1.29 is 10.0 Å². The van der Waals surface area contributed by atoms with Gasteiger partial charge in [-0.15, -0.1) is 0 Å². The largest absolute Gasteiger partial charge is 0.395 e. The van der Waals surface area contributed by atoms with Crippen LogP contribution in [0.4, 0.5) is 5.69 Å². The molecule has 1 N–H and O–H groups in total. The van der Waals surface area contributed by atoms with Crippen molar-refractivity contribution in [2.75, 3.05) is 6.61 Å². The van der Waals surface area contributed by atoms with Crippen LogP contribution in [-0.4, -0.2) is 21.2 Å². The van der Waals surface area contributed by atoms with E-state index in [9.17, 15) is 10.1 Å². The fraction of sp³-hybridized carbons (Fsp3) is 0.200. The van der Waals surface area contributed by atoms with Gasteiger partial charge in [0.1, 0.15) is 0 Å².